The number of aliphatic hydroxyl groups excluding tert-OH is 1. The maximum Gasteiger partial charge on any atom is 1.00 e. The van der Waals surface area contributed by atoms with Crippen molar-refractivity contribution in [3.05, 3.63) is 12.2 Å². The Morgan fingerprint density at radius 3 is 1.62 bits per heavy atom. The van der Waals surface area contributed by atoms with E-state index in [9.17, 15) is 34.8 Å². The molecule has 0 saturated carbocycles. The molecule has 29 heavy (non-hydrogen) atoms. The molecular formula is C17H27K3N2O7. The van der Waals surface area contributed by atoms with Crippen molar-refractivity contribution in [2.75, 3.05) is 19.6 Å². The number of rotatable bonds is 13. The van der Waals surface area contributed by atoms with Crippen molar-refractivity contribution in [3.8, 4) is 0 Å². The second-order valence-corrected chi connectivity index (χ2v) is 6.12. The molecule has 0 aromatic carbocycles. The summed E-state index contributed by atoms with van der Waals surface area (Å²) in [5.41, 5.74) is 0. The molecule has 0 heterocycles. The minimum Gasteiger partial charge on any atom is -0.548 e. The van der Waals surface area contributed by atoms with E-state index in [4.69, 9.17) is 0 Å². The van der Waals surface area contributed by atoms with E-state index >= 15 is 0 Å². The Balaban J connectivity index is -0.00000104. The van der Waals surface area contributed by atoms with Gasteiger partial charge in [-0.05, 0) is 27.2 Å². The Labute approximate surface area is 300 Å². The van der Waals surface area contributed by atoms with Crippen LogP contribution >= 0.6 is 0 Å². The average molecular weight is 489 g/mol. The van der Waals surface area contributed by atoms with Gasteiger partial charge in [0.05, 0.1) is 24.0 Å². The molecule has 0 aliphatic carbocycles. The molecule has 0 amide bonds. The topological polar surface area (TPSA) is 147 Å². The molecule has 0 aromatic heterocycles. The Hall–Kier alpha value is 2.94. The number of carboxylic acids is 3. The molecule has 4 atom stereocenters. The van der Waals surface area contributed by atoms with Crippen molar-refractivity contribution >= 4 is 17.9 Å². The predicted octanol–water partition coefficient (Wildman–Crippen LogP) is -12.7. The van der Waals surface area contributed by atoms with Gasteiger partial charge in [-0.15, -0.1) is 0 Å². The number of aliphatic hydroxyl groups is 1. The largest absolute Gasteiger partial charge is 1.00 e. The van der Waals surface area contributed by atoms with Crippen LogP contribution in [0.15, 0.2) is 12.2 Å². The van der Waals surface area contributed by atoms with Gasteiger partial charge in [0.2, 0.25) is 0 Å². The van der Waals surface area contributed by atoms with E-state index in [2.05, 4.69) is 0 Å². The zero-order valence-corrected chi connectivity index (χ0v) is 28.0. The Morgan fingerprint density at radius 1 is 0.862 bits per heavy atom. The Bertz CT molecular complexity index is 503. The predicted molar refractivity (Wildman–Crippen MR) is 87.1 cm³/mol. The number of carbonyl (C=O) groups excluding carboxylic acids is 3. The molecule has 0 aliphatic heterocycles. The average Bonchev–Trinajstić information content (AvgIpc) is 2.57. The first-order valence-electron chi connectivity index (χ1n) is 8.49. The van der Waals surface area contributed by atoms with Crippen LogP contribution in [0, 0.1) is 0 Å². The number of allylic oxidation sites excluding steroid dienone is 1. The van der Waals surface area contributed by atoms with Gasteiger partial charge >= 0.3 is 154 Å². The van der Waals surface area contributed by atoms with Gasteiger partial charge in [-0.2, -0.15) is 0 Å². The molecule has 0 aromatic rings. The summed E-state index contributed by atoms with van der Waals surface area (Å²) in [6.45, 7) is 5.71. The third-order valence-electron chi connectivity index (χ3n) is 4.23. The van der Waals surface area contributed by atoms with E-state index < -0.39 is 42.1 Å². The monoisotopic (exact) mass is 488 g/mol. The molecule has 0 saturated heterocycles. The van der Waals surface area contributed by atoms with Crippen LogP contribution in [0.4, 0.5) is 0 Å². The van der Waals surface area contributed by atoms with Crippen molar-refractivity contribution in [2.24, 2.45) is 0 Å². The Kier molecular flexibility index (Phi) is 29.0. The minimum atomic E-state index is -1.46. The smallest absolute Gasteiger partial charge is 0.548 e. The first kappa shape index (κ1) is 39.2. The van der Waals surface area contributed by atoms with Crippen LogP contribution in [-0.2, 0) is 14.4 Å². The summed E-state index contributed by atoms with van der Waals surface area (Å²) < 4.78 is 0. The van der Waals surface area contributed by atoms with E-state index in [0.717, 1.165) is 4.90 Å². The molecule has 0 radical (unpaired) electrons. The first-order chi connectivity index (χ1) is 12.0. The van der Waals surface area contributed by atoms with Gasteiger partial charge in [-0.1, -0.05) is 19.1 Å². The third-order valence-corrected chi connectivity index (χ3v) is 4.23. The molecule has 0 bridgehead atoms. The van der Waals surface area contributed by atoms with Gasteiger partial charge in [0.25, 0.3) is 0 Å². The third kappa shape index (κ3) is 16.2. The molecule has 150 valence electrons. The summed E-state index contributed by atoms with van der Waals surface area (Å²) in [4.78, 5) is 35.9. The molecule has 0 rings (SSSR count). The number of hydrogen-bond acceptors (Lipinski definition) is 9. The van der Waals surface area contributed by atoms with E-state index in [-0.39, 0.29) is 174 Å². The van der Waals surface area contributed by atoms with E-state index in [1.807, 2.05) is 6.92 Å². The van der Waals surface area contributed by atoms with Crippen LogP contribution in [-0.4, -0.2) is 76.7 Å². The second kappa shape index (κ2) is 21.5. The maximum atomic E-state index is 11.2. The SMILES string of the molecule is CC/C=C/C(O)CN(CCN(C(C)C(=O)[O-])C(C)C(=O)[O-])C(C)C(=O)[O-].[K+].[K+].[K+]. The first-order valence-corrected chi connectivity index (χ1v) is 8.49. The molecule has 1 N–H and O–H groups in total. The fourth-order valence-electron chi connectivity index (χ4n) is 2.42. The van der Waals surface area contributed by atoms with Gasteiger partial charge in [-0.25, -0.2) is 0 Å². The normalized spacial score (nSPS) is 14.9. The summed E-state index contributed by atoms with van der Waals surface area (Å²) in [6, 6.07) is -3.49. The van der Waals surface area contributed by atoms with Crippen molar-refractivity contribution in [1.82, 2.24) is 9.80 Å². The summed E-state index contributed by atoms with van der Waals surface area (Å²) in [5, 5.41) is 43.4. The van der Waals surface area contributed by atoms with E-state index in [0.29, 0.717) is 6.42 Å². The van der Waals surface area contributed by atoms with Crippen LogP contribution in [0.3, 0.4) is 0 Å². The van der Waals surface area contributed by atoms with Gasteiger partial charge in [0, 0.05) is 37.8 Å². The van der Waals surface area contributed by atoms with Crippen molar-refractivity contribution < 1.29 is 189 Å². The zero-order valence-electron chi connectivity index (χ0n) is 18.6. The van der Waals surface area contributed by atoms with Crippen molar-refractivity contribution in [1.29, 1.82) is 0 Å². The van der Waals surface area contributed by atoms with Crippen LogP contribution in [0.25, 0.3) is 0 Å². The summed E-state index contributed by atoms with van der Waals surface area (Å²) >= 11 is 0. The molecule has 0 aliphatic rings. The number of hydrogen-bond donors (Lipinski definition) is 1. The Morgan fingerprint density at radius 2 is 1.28 bits per heavy atom. The van der Waals surface area contributed by atoms with E-state index in [1.165, 1.54) is 31.7 Å². The van der Waals surface area contributed by atoms with Gasteiger partial charge < -0.3 is 34.8 Å². The second-order valence-electron chi connectivity index (χ2n) is 6.12. The zero-order chi connectivity index (χ0) is 20.4. The molecule has 9 nitrogen and oxygen atoms in total. The minimum absolute atomic E-state index is 0. The van der Waals surface area contributed by atoms with Crippen LogP contribution in [0.5, 0.6) is 0 Å². The fourth-order valence-corrected chi connectivity index (χ4v) is 2.42. The fraction of sp³-hybridized carbons (Fsp3) is 0.706. The molecule has 0 fully saturated rings. The van der Waals surface area contributed by atoms with Crippen molar-refractivity contribution in [3.63, 3.8) is 0 Å². The molecule has 12 heteroatoms. The summed E-state index contributed by atoms with van der Waals surface area (Å²) in [6.07, 6.45) is 3.03. The van der Waals surface area contributed by atoms with Crippen LogP contribution < -0.4 is 169 Å². The molecular weight excluding hydrogens is 461 g/mol. The van der Waals surface area contributed by atoms with Gasteiger partial charge in [0.1, 0.15) is 0 Å². The molecule has 0 spiro atoms. The van der Waals surface area contributed by atoms with E-state index in [1.54, 1.807) is 6.08 Å². The number of nitrogens with zero attached hydrogens (tertiary/aromatic N) is 2. The standard InChI is InChI=1S/C17H30N2O7.3K/c1-5-6-7-14(20)10-18(11(2)15(21)22)8-9-19(12(3)16(23)24)13(4)17(25)26;;;/h6-7,11-14,20H,5,8-10H2,1-4H3,(H,21,22)(H,23,24)(H,25,26);;;/q;3*+1/p-3/b7-6+;;;. The number of carboxylic acid groups (broad SMARTS) is 3. The quantitative estimate of drug-likeness (QED) is 0.197. The van der Waals surface area contributed by atoms with Gasteiger partial charge in [-0.3, -0.25) is 9.80 Å². The number of aliphatic carboxylic acids is 3. The van der Waals surface area contributed by atoms with Gasteiger partial charge in [0.15, 0.2) is 0 Å². The van der Waals surface area contributed by atoms with Crippen LogP contribution in [0.2, 0.25) is 0 Å². The summed E-state index contributed by atoms with van der Waals surface area (Å²) in [5.74, 6) is -4.27. The molecule has 4 unspecified atom stereocenters. The summed E-state index contributed by atoms with van der Waals surface area (Å²) in [7, 11) is 0. The maximum absolute atomic E-state index is 11.2. The van der Waals surface area contributed by atoms with Crippen molar-refractivity contribution in [2.45, 2.75) is 58.3 Å². The van der Waals surface area contributed by atoms with Crippen LogP contribution in [0.1, 0.15) is 34.1 Å². The number of carbonyl (C=O) groups is 3.